The quantitative estimate of drug-likeness (QED) is 0.617. The lowest BCUT2D eigenvalue weighted by molar-refractivity contribution is 0.285. The van der Waals surface area contributed by atoms with Gasteiger partial charge in [0, 0.05) is 6.61 Å². The Morgan fingerprint density at radius 3 is 1.86 bits per heavy atom. The highest BCUT2D eigenvalue weighted by Crippen LogP contribution is 2.41. The average Bonchev–Trinajstić information content (AvgIpc) is 2.61. The number of hydrogen-bond donors (Lipinski definition) is 0. The minimum Gasteiger partial charge on any atom is -0.419 e. The third kappa shape index (κ3) is 4.69. The molecule has 122 valence electrons. The van der Waals surface area contributed by atoms with E-state index in [1.54, 1.807) is 0 Å². The summed E-state index contributed by atoms with van der Waals surface area (Å²) in [6.45, 7) is 0.966. The van der Waals surface area contributed by atoms with Gasteiger partial charge in [0.1, 0.15) is 0 Å². The third-order valence-corrected chi connectivity index (χ3v) is 9.59. The molecule has 0 bridgehead atoms. The van der Waals surface area contributed by atoms with Crippen molar-refractivity contribution in [2.45, 2.75) is 81.7 Å². The Morgan fingerprint density at radius 1 is 0.773 bits per heavy atom. The summed E-state index contributed by atoms with van der Waals surface area (Å²) in [5, 5.41) is 0. The molecule has 2 aliphatic carbocycles. The summed E-state index contributed by atoms with van der Waals surface area (Å²) in [6, 6.07) is 10.9. The molecule has 0 N–H and O–H groups in total. The van der Waals surface area contributed by atoms with Crippen LogP contribution in [0.5, 0.6) is 0 Å². The molecule has 2 aliphatic rings. The van der Waals surface area contributed by atoms with Crippen molar-refractivity contribution < 1.29 is 4.43 Å². The van der Waals surface area contributed by atoms with E-state index in [9.17, 15) is 0 Å². The number of rotatable bonds is 6. The van der Waals surface area contributed by atoms with Crippen LogP contribution in [0.4, 0.5) is 0 Å². The monoisotopic (exact) mass is 316 g/mol. The zero-order chi connectivity index (χ0) is 15.0. The molecular formula is C20H32OSi. The maximum atomic E-state index is 6.66. The second-order valence-electron chi connectivity index (χ2n) is 7.37. The van der Waals surface area contributed by atoms with Crippen LogP contribution >= 0.6 is 0 Å². The van der Waals surface area contributed by atoms with Crippen molar-refractivity contribution in [1.29, 1.82) is 0 Å². The average molecular weight is 317 g/mol. The van der Waals surface area contributed by atoms with Crippen LogP contribution in [0.25, 0.3) is 0 Å². The molecule has 0 saturated heterocycles. The molecule has 3 rings (SSSR count). The van der Waals surface area contributed by atoms with Crippen LogP contribution in [0.3, 0.4) is 0 Å². The van der Waals surface area contributed by atoms with Gasteiger partial charge in [0.2, 0.25) is 0 Å². The van der Waals surface area contributed by atoms with E-state index in [2.05, 4.69) is 30.3 Å². The predicted octanol–water partition coefficient (Wildman–Crippen LogP) is 5.64. The lowest BCUT2D eigenvalue weighted by Gasteiger charge is -2.36. The summed E-state index contributed by atoms with van der Waals surface area (Å²) in [7, 11) is -1.04. The normalized spacial score (nSPS) is 21.3. The number of hydrogen-bond acceptors (Lipinski definition) is 1. The summed E-state index contributed by atoms with van der Waals surface area (Å²) >= 11 is 0. The predicted molar refractivity (Wildman–Crippen MR) is 96.9 cm³/mol. The minimum absolute atomic E-state index is 0.966. The summed E-state index contributed by atoms with van der Waals surface area (Å²) < 4.78 is 6.66. The SMILES string of the molecule is c1ccc(CCO[SiH](C2CCCCC2)C2CCCCC2)cc1. The minimum atomic E-state index is -1.04. The van der Waals surface area contributed by atoms with E-state index in [1.807, 2.05) is 0 Å². The summed E-state index contributed by atoms with van der Waals surface area (Å²) in [5.41, 5.74) is 3.39. The second-order valence-corrected chi connectivity index (χ2v) is 10.5. The third-order valence-electron chi connectivity index (χ3n) is 5.77. The van der Waals surface area contributed by atoms with Crippen LogP contribution in [-0.2, 0) is 10.8 Å². The van der Waals surface area contributed by atoms with Gasteiger partial charge >= 0.3 is 0 Å². The Bertz CT molecular complexity index is 389. The lowest BCUT2D eigenvalue weighted by Crippen LogP contribution is -2.34. The summed E-state index contributed by atoms with van der Waals surface area (Å²) in [5.74, 6) is 0. The molecule has 2 saturated carbocycles. The van der Waals surface area contributed by atoms with Crippen molar-refractivity contribution in [2.24, 2.45) is 0 Å². The molecule has 0 unspecified atom stereocenters. The second kappa shape index (κ2) is 8.88. The highest BCUT2D eigenvalue weighted by molar-refractivity contribution is 6.55. The van der Waals surface area contributed by atoms with Gasteiger partial charge in [-0.25, -0.2) is 0 Å². The fraction of sp³-hybridized carbons (Fsp3) is 0.700. The molecule has 0 aliphatic heterocycles. The van der Waals surface area contributed by atoms with E-state index in [0.29, 0.717) is 0 Å². The van der Waals surface area contributed by atoms with Crippen LogP contribution in [0, 0.1) is 0 Å². The smallest absolute Gasteiger partial charge is 0.183 e. The Morgan fingerprint density at radius 2 is 1.32 bits per heavy atom. The van der Waals surface area contributed by atoms with Gasteiger partial charge in [-0.05, 0) is 23.1 Å². The molecular weight excluding hydrogens is 284 g/mol. The van der Waals surface area contributed by atoms with Crippen molar-refractivity contribution >= 4 is 9.04 Å². The Balaban J connectivity index is 1.55. The van der Waals surface area contributed by atoms with Crippen LogP contribution in [0.15, 0.2) is 30.3 Å². The van der Waals surface area contributed by atoms with Crippen molar-refractivity contribution in [3.8, 4) is 0 Å². The van der Waals surface area contributed by atoms with E-state index < -0.39 is 9.04 Å². The van der Waals surface area contributed by atoms with Crippen molar-refractivity contribution in [2.75, 3.05) is 6.61 Å². The van der Waals surface area contributed by atoms with Crippen LogP contribution in [-0.4, -0.2) is 15.6 Å². The zero-order valence-electron chi connectivity index (χ0n) is 14.0. The van der Waals surface area contributed by atoms with Gasteiger partial charge in [-0.3, -0.25) is 0 Å². The molecule has 0 heterocycles. The van der Waals surface area contributed by atoms with Crippen molar-refractivity contribution in [3.63, 3.8) is 0 Å². The van der Waals surface area contributed by atoms with Gasteiger partial charge in [-0.2, -0.15) is 0 Å². The van der Waals surface area contributed by atoms with Crippen LogP contribution < -0.4 is 0 Å². The van der Waals surface area contributed by atoms with Crippen molar-refractivity contribution in [3.05, 3.63) is 35.9 Å². The van der Waals surface area contributed by atoms with Crippen LogP contribution in [0.2, 0.25) is 11.1 Å². The molecule has 1 nitrogen and oxygen atoms in total. The van der Waals surface area contributed by atoms with Gasteiger partial charge in [-0.15, -0.1) is 0 Å². The van der Waals surface area contributed by atoms with Gasteiger partial charge in [0.15, 0.2) is 9.04 Å². The molecule has 1 aromatic rings. The number of benzene rings is 1. The van der Waals surface area contributed by atoms with E-state index in [1.165, 1.54) is 69.8 Å². The van der Waals surface area contributed by atoms with Gasteiger partial charge < -0.3 is 4.43 Å². The van der Waals surface area contributed by atoms with E-state index >= 15 is 0 Å². The first-order chi connectivity index (χ1) is 10.9. The fourth-order valence-corrected chi connectivity index (χ4v) is 8.50. The summed E-state index contributed by atoms with van der Waals surface area (Å²) in [6.07, 6.45) is 15.8. The van der Waals surface area contributed by atoms with E-state index in [0.717, 1.165) is 24.1 Å². The first kappa shape index (κ1) is 16.3. The molecule has 0 spiro atoms. The highest BCUT2D eigenvalue weighted by atomic mass is 28.3. The molecule has 2 fully saturated rings. The molecule has 1 aromatic carbocycles. The topological polar surface area (TPSA) is 9.23 Å². The lowest BCUT2D eigenvalue weighted by atomic mass is 9.99. The fourth-order valence-electron chi connectivity index (χ4n) is 4.54. The molecule has 0 atom stereocenters. The van der Waals surface area contributed by atoms with E-state index in [4.69, 9.17) is 4.43 Å². The molecule has 0 aromatic heterocycles. The van der Waals surface area contributed by atoms with Crippen LogP contribution in [0.1, 0.15) is 69.8 Å². The molecule has 22 heavy (non-hydrogen) atoms. The largest absolute Gasteiger partial charge is 0.419 e. The highest BCUT2D eigenvalue weighted by Gasteiger charge is 2.34. The maximum Gasteiger partial charge on any atom is 0.183 e. The zero-order valence-corrected chi connectivity index (χ0v) is 15.2. The van der Waals surface area contributed by atoms with Crippen molar-refractivity contribution in [1.82, 2.24) is 0 Å². The van der Waals surface area contributed by atoms with E-state index in [-0.39, 0.29) is 0 Å². The first-order valence-corrected chi connectivity index (χ1v) is 11.4. The van der Waals surface area contributed by atoms with Gasteiger partial charge in [0.25, 0.3) is 0 Å². The molecule has 0 radical (unpaired) electrons. The summed E-state index contributed by atoms with van der Waals surface area (Å²) in [4.78, 5) is 0. The molecule has 2 heteroatoms. The Hall–Kier alpha value is -0.603. The van der Waals surface area contributed by atoms with Gasteiger partial charge in [0.05, 0.1) is 0 Å². The Labute approximate surface area is 138 Å². The maximum absolute atomic E-state index is 6.66. The Kier molecular flexibility index (Phi) is 6.56. The van der Waals surface area contributed by atoms with Gasteiger partial charge in [-0.1, -0.05) is 94.5 Å². The molecule has 0 amide bonds. The first-order valence-electron chi connectivity index (χ1n) is 9.59. The standard InChI is InChI=1S/C20H32OSi/c1-4-10-18(11-5-1)16-17-21-22(19-12-6-2-7-13-19)20-14-8-3-9-15-20/h1,4-5,10-11,19-20,22H,2-3,6-9,12-17H2.